The molecule has 2 N–H and O–H groups in total. The number of methoxy groups -OCH3 is 1. The lowest BCUT2D eigenvalue weighted by Gasteiger charge is -2.27. The van der Waals surface area contributed by atoms with Crippen molar-refractivity contribution in [1.29, 1.82) is 0 Å². The molecule has 1 heterocycles. The van der Waals surface area contributed by atoms with Gasteiger partial charge in [0.05, 0.1) is 0 Å². The van der Waals surface area contributed by atoms with Gasteiger partial charge in [-0.15, -0.1) is 0 Å². The molecule has 2 aromatic rings. The Balaban J connectivity index is 1.72. The number of hydrogen-bond donors (Lipinski definition) is 2. The zero-order valence-corrected chi connectivity index (χ0v) is 18.2. The van der Waals surface area contributed by atoms with Gasteiger partial charge in [0.25, 0.3) is 11.8 Å². The predicted molar refractivity (Wildman–Crippen MR) is 120 cm³/mol. The fourth-order valence-corrected chi connectivity index (χ4v) is 3.67. The summed E-state index contributed by atoms with van der Waals surface area (Å²) in [7, 11) is 1.64. The largest absolute Gasteiger partial charge is 0.385 e. The van der Waals surface area contributed by atoms with Crippen LogP contribution in [0.4, 0.5) is 5.69 Å². The van der Waals surface area contributed by atoms with Gasteiger partial charge in [-0.1, -0.05) is 24.3 Å². The number of nitrogens with zero attached hydrogens (tertiary/aromatic N) is 1. The Bertz CT molecular complexity index is 887. The van der Waals surface area contributed by atoms with E-state index in [-0.39, 0.29) is 18.0 Å². The van der Waals surface area contributed by atoms with E-state index >= 15 is 0 Å². The standard InChI is InChI=1S/C24H31N3O4/c1-3-31-16-8-14-27-22(20-11-4-5-12-21(20)24(27)29)26-19-10-6-9-18(17-19)23(28)25-13-7-15-30-2/h4-6,9-12,17,22,26H,3,7-8,13-16H2,1-2H3,(H,25,28). The number of carbonyl (C=O) groups excluding carboxylic acids is 2. The first-order valence-corrected chi connectivity index (χ1v) is 10.8. The van der Waals surface area contributed by atoms with E-state index in [4.69, 9.17) is 9.47 Å². The molecule has 31 heavy (non-hydrogen) atoms. The van der Waals surface area contributed by atoms with E-state index in [0.717, 1.165) is 24.1 Å². The van der Waals surface area contributed by atoms with Gasteiger partial charge >= 0.3 is 0 Å². The summed E-state index contributed by atoms with van der Waals surface area (Å²) in [6.45, 7) is 4.99. The van der Waals surface area contributed by atoms with Gasteiger partial charge in [-0.2, -0.15) is 0 Å². The number of fused-ring (bicyclic) bond motifs is 1. The monoisotopic (exact) mass is 425 g/mol. The van der Waals surface area contributed by atoms with Crippen LogP contribution in [0.1, 0.15) is 52.2 Å². The van der Waals surface area contributed by atoms with E-state index < -0.39 is 0 Å². The van der Waals surface area contributed by atoms with Gasteiger partial charge < -0.3 is 25.0 Å². The summed E-state index contributed by atoms with van der Waals surface area (Å²) < 4.78 is 10.4. The summed E-state index contributed by atoms with van der Waals surface area (Å²) >= 11 is 0. The Morgan fingerprint density at radius 2 is 1.94 bits per heavy atom. The average molecular weight is 426 g/mol. The van der Waals surface area contributed by atoms with Crippen LogP contribution in [0.25, 0.3) is 0 Å². The molecule has 166 valence electrons. The van der Waals surface area contributed by atoms with Gasteiger partial charge in [0.1, 0.15) is 6.17 Å². The van der Waals surface area contributed by atoms with Crippen molar-refractivity contribution in [3.63, 3.8) is 0 Å². The smallest absolute Gasteiger partial charge is 0.256 e. The van der Waals surface area contributed by atoms with Gasteiger partial charge in [-0.25, -0.2) is 0 Å². The first kappa shape index (κ1) is 22.8. The van der Waals surface area contributed by atoms with Crippen molar-refractivity contribution in [2.24, 2.45) is 0 Å². The Kier molecular flexibility index (Phi) is 8.44. The molecule has 0 spiro atoms. The highest BCUT2D eigenvalue weighted by atomic mass is 16.5. The van der Waals surface area contributed by atoms with Crippen LogP contribution in [-0.4, -0.2) is 56.7 Å². The van der Waals surface area contributed by atoms with Crippen LogP contribution in [0, 0.1) is 0 Å². The zero-order valence-electron chi connectivity index (χ0n) is 18.2. The lowest BCUT2D eigenvalue weighted by atomic mass is 10.1. The van der Waals surface area contributed by atoms with E-state index in [2.05, 4.69) is 10.6 Å². The molecule has 1 aliphatic rings. The highest BCUT2D eigenvalue weighted by Gasteiger charge is 2.36. The van der Waals surface area contributed by atoms with Crippen LogP contribution >= 0.6 is 0 Å². The van der Waals surface area contributed by atoms with Crippen LogP contribution in [-0.2, 0) is 9.47 Å². The first-order chi connectivity index (χ1) is 15.2. The summed E-state index contributed by atoms with van der Waals surface area (Å²) in [6, 6.07) is 15.0. The summed E-state index contributed by atoms with van der Waals surface area (Å²) in [4.78, 5) is 27.3. The molecular weight excluding hydrogens is 394 g/mol. The highest BCUT2D eigenvalue weighted by Crippen LogP contribution is 2.34. The fraction of sp³-hybridized carbons (Fsp3) is 0.417. The summed E-state index contributed by atoms with van der Waals surface area (Å²) in [5.41, 5.74) is 3.01. The third kappa shape index (κ3) is 5.83. The van der Waals surface area contributed by atoms with Crippen LogP contribution < -0.4 is 10.6 Å². The van der Waals surface area contributed by atoms with Crippen molar-refractivity contribution >= 4 is 17.5 Å². The second kappa shape index (κ2) is 11.5. The Morgan fingerprint density at radius 1 is 1.10 bits per heavy atom. The molecule has 0 aliphatic carbocycles. The maximum Gasteiger partial charge on any atom is 0.256 e. The Hall–Kier alpha value is -2.90. The van der Waals surface area contributed by atoms with Crippen LogP contribution in [0.5, 0.6) is 0 Å². The zero-order chi connectivity index (χ0) is 22.1. The second-order valence-electron chi connectivity index (χ2n) is 7.37. The van der Waals surface area contributed by atoms with Crippen molar-refractivity contribution < 1.29 is 19.1 Å². The molecule has 0 saturated carbocycles. The molecule has 2 aromatic carbocycles. The number of carbonyl (C=O) groups is 2. The van der Waals surface area contributed by atoms with E-state index in [1.54, 1.807) is 13.2 Å². The molecule has 2 amide bonds. The van der Waals surface area contributed by atoms with Crippen LogP contribution in [0.3, 0.4) is 0 Å². The molecule has 1 unspecified atom stereocenters. The lowest BCUT2D eigenvalue weighted by Crippen LogP contribution is -2.33. The Morgan fingerprint density at radius 3 is 2.74 bits per heavy atom. The van der Waals surface area contributed by atoms with Gasteiger partial charge in [-0.3, -0.25) is 9.59 Å². The van der Waals surface area contributed by atoms with Gasteiger partial charge in [0, 0.05) is 62.4 Å². The molecule has 1 atom stereocenters. The second-order valence-corrected chi connectivity index (χ2v) is 7.37. The normalized spacial score (nSPS) is 15.1. The quantitative estimate of drug-likeness (QED) is 0.509. The molecule has 0 bridgehead atoms. The first-order valence-electron chi connectivity index (χ1n) is 10.8. The van der Waals surface area contributed by atoms with Crippen molar-refractivity contribution in [1.82, 2.24) is 10.2 Å². The average Bonchev–Trinajstić information content (AvgIpc) is 3.05. The topological polar surface area (TPSA) is 79.9 Å². The van der Waals surface area contributed by atoms with E-state index in [1.807, 2.05) is 54.3 Å². The minimum Gasteiger partial charge on any atom is -0.385 e. The summed E-state index contributed by atoms with van der Waals surface area (Å²) in [6.07, 6.45) is 1.23. The summed E-state index contributed by atoms with van der Waals surface area (Å²) in [5, 5.41) is 6.36. The number of hydrogen-bond acceptors (Lipinski definition) is 5. The molecule has 3 rings (SSSR count). The molecule has 1 aliphatic heterocycles. The molecule has 0 aromatic heterocycles. The van der Waals surface area contributed by atoms with Crippen molar-refractivity contribution in [3.05, 3.63) is 65.2 Å². The highest BCUT2D eigenvalue weighted by molar-refractivity contribution is 5.99. The fourth-order valence-electron chi connectivity index (χ4n) is 3.67. The van der Waals surface area contributed by atoms with Crippen molar-refractivity contribution in [2.45, 2.75) is 25.9 Å². The minimum atomic E-state index is -0.287. The number of ether oxygens (including phenoxy) is 2. The maximum atomic E-state index is 13.0. The maximum absolute atomic E-state index is 13.0. The molecule has 7 nitrogen and oxygen atoms in total. The number of nitrogens with one attached hydrogen (secondary N) is 2. The molecule has 7 heteroatoms. The SMILES string of the molecule is CCOCCCN1C(=O)c2ccccc2C1Nc1cccc(C(=O)NCCCOC)c1. The number of amides is 2. The number of rotatable bonds is 12. The number of anilines is 1. The van der Waals surface area contributed by atoms with E-state index in [9.17, 15) is 9.59 Å². The summed E-state index contributed by atoms with van der Waals surface area (Å²) in [5.74, 6) is -0.118. The third-order valence-electron chi connectivity index (χ3n) is 5.19. The molecular formula is C24H31N3O4. The predicted octanol–water partition coefficient (Wildman–Crippen LogP) is 3.45. The van der Waals surface area contributed by atoms with Crippen LogP contribution in [0.15, 0.2) is 48.5 Å². The van der Waals surface area contributed by atoms with Crippen molar-refractivity contribution in [2.75, 3.05) is 45.3 Å². The molecule has 0 radical (unpaired) electrons. The lowest BCUT2D eigenvalue weighted by molar-refractivity contribution is 0.0708. The minimum absolute atomic E-state index is 0.0108. The Labute approximate surface area is 183 Å². The molecule has 0 fully saturated rings. The van der Waals surface area contributed by atoms with Gasteiger partial charge in [0.15, 0.2) is 0 Å². The van der Waals surface area contributed by atoms with Crippen molar-refractivity contribution in [3.8, 4) is 0 Å². The van der Waals surface area contributed by atoms with Gasteiger partial charge in [-0.05, 0) is 44.0 Å². The van der Waals surface area contributed by atoms with E-state index in [0.29, 0.717) is 44.0 Å². The number of benzene rings is 2. The van der Waals surface area contributed by atoms with Crippen LogP contribution in [0.2, 0.25) is 0 Å². The van der Waals surface area contributed by atoms with E-state index in [1.165, 1.54) is 0 Å². The van der Waals surface area contributed by atoms with Gasteiger partial charge in [0.2, 0.25) is 0 Å². The molecule has 0 saturated heterocycles. The third-order valence-corrected chi connectivity index (χ3v) is 5.19.